The van der Waals surface area contributed by atoms with Gasteiger partial charge in [-0.25, -0.2) is 4.68 Å². The van der Waals surface area contributed by atoms with Gasteiger partial charge in [0.05, 0.1) is 35.4 Å². The lowest BCUT2D eigenvalue weighted by molar-refractivity contribution is 0.0945. The second kappa shape index (κ2) is 6.61. The molecular formula is C14H15N7OS. The first-order valence-electron chi connectivity index (χ1n) is 7.00. The summed E-state index contributed by atoms with van der Waals surface area (Å²) in [5, 5.41) is 10.9. The third kappa shape index (κ3) is 3.39. The quantitative estimate of drug-likeness (QED) is 0.753. The number of nitrogens with zero attached hydrogens (tertiary/aromatic N) is 6. The number of carbonyl (C=O) groups is 1. The Balaban J connectivity index is 1.68. The van der Waals surface area contributed by atoms with Crippen LogP contribution in [0.15, 0.2) is 24.5 Å². The van der Waals surface area contributed by atoms with E-state index in [2.05, 4.69) is 29.4 Å². The van der Waals surface area contributed by atoms with Crippen molar-refractivity contribution < 1.29 is 4.79 Å². The molecule has 1 amide bonds. The molecular weight excluding hydrogens is 314 g/mol. The molecule has 0 aromatic carbocycles. The molecule has 1 N–H and O–H groups in total. The maximum atomic E-state index is 12.3. The normalized spacial score (nSPS) is 10.7. The highest BCUT2D eigenvalue weighted by Crippen LogP contribution is 2.10. The predicted octanol–water partition coefficient (Wildman–Crippen LogP) is 1.12. The third-order valence-corrected chi connectivity index (χ3v) is 4.10. The zero-order chi connectivity index (χ0) is 16.2. The summed E-state index contributed by atoms with van der Waals surface area (Å²) < 4.78 is 10.0. The Morgan fingerprint density at radius 1 is 1.26 bits per heavy atom. The average molecular weight is 329 g/mol. The highest BCUT2D eigenvalue weighted by Gasteiger charge is 2.17. The van der Waals surface area contributed by atoms with Crippen molar-refractivity contribution in [3.05, 3.63) is 52.9 Å². The third-order valence-electron chi connectivity index (χ3n) is 3.45. The van der Waals surface area contributed by atoms with Crippen molar-refractivity contribution in [2.45, 2.75) is 26.9 Å². The molecule has 0 bridgehead atoms. The molecule has 0 fully saturated rings. The van der Waals surface area contributed by atoms with E-state index in [9.17, 15) is 4.79 Å². The van der Waals surface area contributed by atoms with Crippen LogP contribution in [0.1, 0.15) is 33.1 Å². The summed E-state index contributed by atoms with van der Waals surface area (Å²) in [6.45, 7) is 4.59. The van der Waals surface area contributed by atoms with Gasteiger partial charge in [-0.2, -0.15) is 8.75 Å². The van der Waals surface area contributed by atoms with E-state index in [0.717, 1.165) is 28.7 Å². The molecule has 0 aliphatic carbocycles. The van der Waals surface area contributed by atoms with E-state index in [0.29, 0.717) is 24.5 Å². The second-order valence-electron chi connectivity index (χ2n) is 5.02. The van der Waals surface area contributed by atoms with Crippen molar-refractivity contribution in [1.29, 1.82) is 0 Å². The largest absolute Gasteiger partial charge is 0.347 e. The molecule has 3 aromatic heterocycles. The minimum atomic E-state index is -0.251. The molecule has 3 heterocycles. The maximum Gasteiger partial charge on any atom is 0.274 e. The molecule has 0 aliphatic rings. The smallest absolute Gasteiger partial charge is 0.274 e. The van der Waals surface area contributed by atoms with E-state index in [1.54, 1.807) is 17.1 Å². The highest BCUT2D eigenvalue weighted by atomic mass is 32.1. The van der Waals surface area contributed by atoms with Crippen LogP contribution in [0.2, 0.25) is 0 Å². The molecule has 118 valence electrons. The van der Waals surface area contributed by atoms with E-state index >= 15 is 0 Å². The van der Waals surface area contributed by atoms with Crippen LogP contribution in [-0.4, -0.2) is 34.6 Å². The van der Waals surface area contributed by atoms with E-state index in [1.807, 2.05) is 26.0 Å². The van der Waals surface area contributed by atoms with E-state index in [4.69, 9.17) is 0 Å². The first-order valence-corrected chi connectivity index (χ1v) is 7.73. The van der Waals surface area contributed by atoms with Gasteiger partial charge >= 0.3 is 0 Å². The van der Waals surface area contributed by atoms with Crippen molar-refractivity contribution in [3.63, 3.8) is 0 Å². The molecule has 8 nitrogen and oxygen atoms in total. The summed E-state index contributed by atoms with van der Waals surface area (Å²) in [5.74, 6) is -0.251. The van der Waals surface area contributed by atoms with Gasteiger partial charge in [0.15, 0.2) is 5.69 Å². The predicted molar refractivity (Wildman–Crippen MR) is 83.9 cm³/mol. The molecule has 3 rings (SSSR count). The van der Waals surface area contributed by atoms with Crippen LogP contribution in [0.5, 0.6) is 0 Å². The van der Waals surface area contributed by atoms with Gasteiger partial charge < -0.3 is 5.32 Å². The van der Waals surface area contributed by atoms with Gasteiger partial charge in [0.25, 0.3) is 5.91 Å². The molecule has 0 saturated heterocycles. The van der Waals surface area contributed by atoms with Crippen LogP contribution in [-0.2, 0) is 13.1 Å². The van der Waals surface area contributed by atoms with Gasteiger partial charge in [-0.1, -0.05) is 5.21 Å². The summed E-state index contributed by atoms with van der Waals surface area (Å²) in [6, 6.07) is 3.70. The number of pyridine rings is 1. The molecule has 0 radical (unpaired) electrons. The van der Waals surface area contributed by atoms with Gasteiger partial charge in [-0.05, 0) is 31.5 Å². The molecule has 0 atom stereocenters. The monoisotopic (exact) mass is 329 g/mol. The number of rotatable bonds is 5. The second-order valence-corrected chi connectivity index (χ2v) is 5.54. The van der Waals surface area contributed by atoms with Gasteiger partial charge in [-0.3, -0.25) is 9.78 Å². The van der Waals surface area contributed by atoms with E-state index in [-0.39, 0.29) is 5.91 Å². The molecule has 23 heavy (non-hydrogen) atoms. The Morgan fingerprint density at radius 3 is 2.74 bits per heavy atom. The number of carbonyl (C=O) groups excluding carboxylic acids is 1. The molecule has 0 saturated carbocycles. The Morgan fingerprint density at radius 2 is 2.04 bits per heavy atom. The number of aromatic nitrogens is 6. The fourth-order valence-corrected chi connectivity index (χ4v) is 2.58. The van der Waals surface area contributed by atoms with Crippen LogP contribution in [0.25, 0.3) is 0 Å². The van der Waals surface area contributed by atoms with Gasteiger partial charge in [0, 0.05) is 18.9 Å². The van der Waals surface area contributed by atoms with Crippen LogP contribution in [0.4, 0.5) is 0 Å². The topological polar surface area (TPSA) is 98.5 Å². The minimum absolute atomic E-state index is 0.251. The van der Waals surface area contributed by atoms with Gasteiger partial charge in [0.1, 0.15) is 0 Å². The first kappa shape index (κ1) is 15.2. The lowest BCUT2D eigenvalue weighted by atomic mass is 10.2. The Hall–Kier alpha value is -2.68. The van der Waals surface area contributed by atoms with Crippen LogP contribution < -0.4 is 5.32 Å². The highest BCUT2D eigenvalue weighted by molar-refractivity contribution is 6.99. The number of amides is 1. The van der Waals surface area contributed by atoms with Crippen LogP contribution in [0, 0.1) is 13.8 Å². The zero-order valence-corrected chi connectivity index (χ0v) is 13.5. The van der Waals surface area contributed by atoms with Crippen LogP contribution >= 0.6 is 11.7 Å². The fourth-order valence-electron chi connectivity index (χ4n) is 2.02. The number of nitrogens with one attached hydrogen (secondary N) is 1. The zero-order valence-electron chi connectivity index (χ0n) is 12.7. The lowest BCUT2D eigenvalue weighted by Crippen LogP contribution is -2.24. The number of hydrogen-bond donors (Lipinski definition) is 1. The molecule has 0 aliphatic heterocycles. The summed E-state index contributed by atoms with van der Waals surface area (Å²) in [4.78, 5) is 16.2. The Kier molecular flexibility index (Phi) is 4.38. The molecule has 9 heteroatoms. The average Bonchev–Trinajstić information content (AvgIpc) is 3.13. The van der Waals surface area contributed by atoms with Crippen molar-refractivity contribution >= 4 is 17.6 Å². The van der Waals surface area contributed by atoms with Gasteiger partial charge in [-0.15, -0.1) is 5.10 Å². The number of hydrogen-bond acceptors (Lipinski definition) is 7. The van der Waals surface area contributed by atoms with Crippen molar-refractivity contribution in [3.8, 4) is 0 Å². The molecule has 0 spiro atoms. The maximum absolute atomic E-state index is 12.3. The first-order chi connectivity index (χ1) is 11.1. The summed E-state index contributed by atoms with van der Waals surface area (Å²) in [5.41, 5.74) is 3.70. The molecule has 3 aromatic rings. The van der Waals surface area contributed by atoms with Crippen LogP contribution in [0.3, 0.4) is 0 Å². The van der Waals surface area contributed by atoms with E-state index < -0.39 is 0 Å². The van der Waals surface area contributed by atoms with Crippen molar-refractivity contribution in [1.82, 2.24) is 34.0 Å². The number of aryl methyl sites for hydroxylation is 1. The summed E-state index contributed by atoms with van der Waals surface area (Å²) >= 11 is 1.16. The standard InChI is InChI=1S/C14H15N7OS/c1-9-12(19-23-18-9)8-21-10(2)13(17-20-21)14(22)16-7-11-3-5-15-6-4-11/h3-6H,7-8H2,1-2H3,(H,16,22). The molecule has 0 unspecified atom stereocenters. The Bertz CT molecular complexity index is 812. The fraction of sp³-hybridized carbons (Fsp3) is 0.286. The van der Waals surface area contributed by atoms with Gasteiger partial charge in [0.2, 0.25) is 0 Å². The lowest BCUT2D eigenvalue weighted by Gasteiger charge is -2.04. The van der Waals surface area contributed by atoms with Crippen molar-refractivity contribution in [2.24, 2.45) is 0 Å². The summed E-state index contributed by atoms with van der Waals surface area (Å²) in [7, 11) is 0. The van der Waals surface area contributed by atoms with E-state index in [1.165, 1.54) is 0 Å². The van der Waals surface area contributed by atoms with Crippen molar-refractivity contribution in [2.75, 3.05) is 0 Å². The minimum Gasteiger partial charge on any atom is -0.347 e. The SMILES string of the molecule is Cc1nsnc1Cn1nnc(C(=O)NCc2ccncc2)c1C. The Labute approximate surface area is 136 Å². The summed E-state index contributed by atoms with van der Waals surface area (Å²) in [6.07, 6.45) is 3.38.